The number of fused-ring (bicyclic) bond motifs is 1. The van der Waals surface area contributed by atoms with Crippen molar-refractivity contribution in [3.05, 3.63) is 51.5 Å². The van der Waals surface area contributed by atoms with Crippen LogP contribution in [-0.4, -0.2) is 108 Å². The van der Waals surface area contributed by atoms with Crippen molar-refractivity contribution in [2.75, 3.05) is 59.1 Å². The summed E-state index contributed by atoms with van der Waals surface area (Å²) in [6, 6.07) is 3.01. The van der Waals surface area contributed by atoms with Crippen molar-refractivity contribution in [1.82, 2.24) is 29.0 Å². The van der Waals surface area contributed by atoms with Crippen molar-refractivity contribution in [2.24, 2.45) is 0 Å². The van der Waals surface area contributed by atoms with Crippen molar-refractivity contribution < 1.29 is 37.0 Å². The molecule has 2 aromatic rings. The number of hydrogen-bond donors (Lipinski definition) is 2. The molecule has 1 aromatic heterocycles. The topological polar surface area (TPSA) is 164 Å². The van der Waals surface area contributed by atoms with E-state index in [9.17, 15) is 32.3 Å². The van der Waals surface area contributed by atoms with Crippen LogP contribution in [0.25, 0.3) is 0 Å². The zero-order valence-electron chi connectivity index (χ0n) is 23.3. The summed E-state index contributed by atoms with van der Waals surface area (Å²) in [4.78, 5) is 45.7. The second-order valence-corrected chi connectivity index (χ2v) is 12.6. The van der Waals surface area contributed by atoms with Gasteiger partial charge in [-0.3, -0.25) is 14.2 Å². The molecule has 0 atom stereocenters. The van der Waals surface area contributed by atoms with Crippen LogP contribution in [0.2, 0.25) is 0 Å². The number of rotatable bonds is 5. The number of morpholine rings is 1. The maximum Gasteiger partial charge on any atom is 0.320 e. The third kappa shape index (κ3) is 5.71. The van der Waals surface area contributed by atoms with Gasteiger partial charge < -0.3 is 29.7 Å². The molecule has 0 aliphatic carbocycles. The zero-order chi connectivity index (χ0) is 30.2. The fourth-order valence-corrected chi connectivity index (χ4v) is 6.87. The summed E-state index contributed by atoms with van der Waals surface area (Å²) in [5, 5.41) is 12.9. The first-order valence-electron chi connectivity index (χ1n) is 13.6. The Labute approximate surface area is 241 Å². The third-order valence-corrected chi connectivity index (χ3v) is 9.53. The van der Waals surface area contributed by atoms with E-state index in [1.54, 1.807) is 23.6 Å². The maximum absolute atomic E-state index is 14.3. The molecule has 3 aliphatic heterocycles. The molecule has 14 nitrogen and oxygen atoms in total. The zero-order valence-corrected chi connectivity index (χ0v) is 24.2. The number of carbonyl (C=O) groups excluding carboxylic acids is 2. The summed E-state index contributed by atoms with van der Waals surface area (Å²) in [7, 11) is -4.21. The Balaban J connectivity index is 1.31. The van der Waals surface area contributed by atoms with E-state index in [2.05, 4.69) is 10.3 Å². The Morgan fingerprint density at radius 1 is 1.05 bits per heavy atom. The minimum absolute atomic E-state index is 0.00937. The number of halogens is 1. The van der Waals surface area contributed by atoms with Crippen molar-refractivity contribution in [3.8, 4) is 5.75 Å². The van der Waals surface area contributed by atoms with Gasteiger partial charge in [0.15, 0.2) is 5.69 Å². The average molecular weight is 609 g/mol. The van der Waals surface area contributed by atoms with E-state index in [-0.39, 0.29) is 68.2 Å². The monoisotopic (exact) mass is 608 g/mol. The van der Waals surface area contributed by atoms with Crippen LogP contribution >= 0.6 is 0 Å². The number of carbonyl (C=O) groups is 2. The first-order chi connectivity index (χ1) is 19.9. The molecule has 0 unspecified atom stereocenters. The fourth-order valence-electron chi connectivity index (χ4n) is 5.21. The van der Waals surface area contributed by atoms with E-state index in [1.807, 2.05) is 0 Å². The molecule has 0 radical (unpaired) electrons. The van der Waals surface area contributed by atoms with Crippen LogP contribution in [0, 0.1) is 5.82 Å². The predicted molar refractivity (Wildman–Crippen MR) is 145 cm³/mol. The molecule has 3 aliphatic rings. The Morgan fingerprint density at radius 3 is 2.40 bits per heavy atom. The number of ether oxygens (including phenoxy) is 2. The van der Waals surface area contributed by atoms with Crippen LogP contribution < -0.4 is 10.9 Å². The van der Waals surface area contributed by atoms with Gasteiger partial charge in [-0.05, 0) is 31.5 Å². The number of nitrogens with zero attached hydrogens (tertiary/aromatic N) is 5. The molecule has 0 saturated carbocycles. The molecule has 2 fully saturated rings. The SMILES string of the molecule is CC1(C)OCCn2c1nc(C(=O)NCc1ccc(F)cc1S(=O)(=O)N1CCN(C(=O)N3CCOCC3)CC1)c(O)c2=O. The van der Waals surface area contributed by atoms with E-state index in [0.717, 1.165) is 12.1 Å². The predicted octanol–water partition coefficient (Wildman–Crippen LogP) is 0.0418. The van der Waals surface area contributed by atoms with Gasteiger partial charge in [0.05, 0.1) is 31.3 Å². The third-order valence-electron chi connectivity index (χ3n) is 7.55. The number of piperazine rings is 1. The Morgan fingerprint density at radius 2 is 1.71 bits per heavy atom. The molecule has 42 heavy (non-hydrogen) atoms. The lowest BCUT2D eigenvalue weighted by Crippen LogP contribution is -2.55. The summed E-state index contributed by atoms with van der Waals surface area (Å²) in [5.41, 5.74) is -2.22. The number of urea groups is 1. The molecule has 2 N–H and O–H groups in total. The molecule has 2 saturated heterocycles. The van der Waals surface area contributed by atoms with Crippen LogP contribution in [0.4, 0.5) is 9.18 Å². The summed E-state index contributed by atoms with van der Waals surface area (Å²) >= 11 is 0. The number of nitrogens with one attached hydrogen (secondary N) is 1. The highest BCUT2D eigenvalue weighted by Crippen LogP contribution is 2.28. The molecular formula is C26H33FN6O8S. The molecule has 0 spiro atoms. The first kappa shape index (κ1) is 29.9. The van der Waals surface area contributed by atoms with Gasteiger partial charge in [0.1, 0.15) is 17.2 Å². The Hall–Kier alpha value is -3.60. The molecule has 1 aromatic carbocycles. The molecule has 4 heterocycles. The van der Waals surface area contributed by atoms with Crippen molar-refractivity contribution in [2.45, 2.75) is 37.4 Å². The average Bonchev–Trinajstić information content (AvgIpc) is 2.98. The molecular weight excluding hydrogens is 575 g/mol. The van der Waals surface area contributed by atoms with Gasteiger partial charge in [-0.1, -0.05) is 6.07 Å². The van der Waals surface area contributed by atoms with Crippen LogP contribution in [0.15, 0.2) is 27.9 Å². The largest absolute Gasteiger partial charge is 0.501 e. The number of aromatic hydroxyl groups is 1. The Kier molecular flexibility index (Phi) is 8.24. The van der Waals surface area contributed by atoms with Gasteiger partial charge in [-0.2, -0.15) is 4.31 Å². The van der Waals surface area contributed by atoms with Crippen molar-refractivity contribution in [3.63, 3.8) is 0 Å². The fraction of sp³-hybridized carbons (Fsp3) is 0.538. The summed E-state index contributed by atoms with van der Waals surface area (Å²) in [5.74, 6) is -2.38. The maximum atomic E-state index is 14.3. The lowest BCUT2D eigenvalue weighted by Gasteiger charge is -2.38. The second kappa shape index (κ2) is 11.6. The van der Waals surface area contributed by atoms with Crippen molar-refractivity contribution >= 4 is 22.0 Å². The van der Waals surface area contributed by atoms with E-state index in [0.29, 0.717) is 26.3 Å². The Bertz CT molecular complexity index is 1550. The molecule has 0 bridgehead atoms. The summed E-state index contributed by atoms with van der Waals surface area (Å²) in [6.45, 7) is 5.56. The van der Waals surface area contributed by atoms with Gasteiger partial charge >= 0.3 is 6.03 Å². The number of aromatic nitrogens is 2. The molecule has 3 amide bonds. The van der Waals surface area contributed by atoms with Crippen LogP contribution in [0.1, 0.15) is 35.7 Å². The van der Waals surface area contributed by atoms with E-state index < -0.39 is 44.4 Å². The molecule has 228 valence electrons. The van der Waals surface area contributed by atoms with Gasteiger partial charge in [0.25, 0.3) is 11.5 Å². The number of benzene rings is 1. The molecule has 16 heteroatoms. The highest BCUT2D eigenvalue weighted by Gasteiger charge is 2.36. The van der Waals surface area contributed by atoms with E-state index in [1.165, 1.54) is 14.9 Å². The van der Waals surface area contributed by atoms with Crippen LogP contribution in [-0.2, 0) is 38.2 Å². The van der Waals surface area contributed by atoms with Crippen LogP contribution in [0.3, 0.4) is 0 Å². The summed E-state index contributed by atoms with van der Waals surface area (Å²) in [6.07, 6.45) is 0. The second-order valence-electron chi connectivity index (χ2n) is 10.7. The van der Waals surface area contributed by atoms with Gasteiger partial charge in [0, 0.05) is 45.8 Å². The van der Waals surface area contributed by atoms with E-state index in [4.69, 9.17) is 9.47 Å². The van der Waals surface area contributed by atoms with Gasteiger partial charge in [0.2, 0.25) is 15.8 Å². The lowest BCUT2D eigenvalue weighted by atomic mass is 10.1. The number of hydrogen-bond acceptors (Lipinski definition) is 9. The minimum Gasteiger partial charge on any atom is -0.501 e. The number of amides is 3. The smallest absolute Gasteiger partial charge is 0.320 e. The van der Waals surface area contributed by atoms with Crippen LogP contribution in [0.5, 0.6) is 5.75 Å². The number of sulfonamides is 1. The standard InChI is InChI=1S/C26H33FN6O8S/c1-26(2)24-29-20(21(34)23(36)33(24)11-14-41-26)22(35)28-16-17-3-4-18(27)15-19(17)42(38,39)32-7-5-30(6-8-32)25(37)31-9-12-40-13-10-31/h3-4,15,34H,5-14,16H2,1-2H3,(H,28,35). The lowest BCUT2D eigenvalue weighted by molar-refractivity contribution is -0.0566. The summed E-state index contributed by atoms with van der Waals surface area (Å²) < 4.78 is 54.8. The van der Waals surface area contributed by atoms with Crippen molar-refractivity contribution in [1.29, 1.82) is 0 Å². The van der Waals surface area contributed by atoms with Gasteiger partial charge in [-0.25, -0.2) is 22.6 Å². The minimum atomic E-state index is -4.21. The van der Waals surface area contributed by atoms with E-state index >= 15 is 0 Å². The molecule has 5 rings (SSSR count). The quantitative estimate of drug-likeness (QED) is 0.477. The van der Waals surface area contributed by atoms with Gasteiger partial charge in [-0.15, -0.1) is 0 Å². The highest BCUT2D eigenvalue weighted by atomic mass is 32.2. The normalized spacial score (nSPS) is 19.3. The highest BCUT2D eigenvalue weighted by molar-refractivity contribution is 7.89. The first-order valence-corrected chi connectivity index (χ1v) is 15.0.